The van der Waals surface area contributed by atoms with Crippen LogP contribution >= 0.6 is 15.9 Å². The van der Waals surface area contributed by atoms with E-state index in [2.05, 4.69) is 20.9 Å². The van der Waals surface area contributed by atoms with Gasteiger partial charge < -0.3 is 9.84 Å². The number of aliphatic hydroxyl groups is 1. The van der Waals surface area contributed by atoms with E-state index in [-0.39, 0.29) is 18.0 Å². The Morgan fingerprint density at radius 1 is 1.17 bits per heavy atom. The molecule has 1 rings (SSSR count). The average molecular weight is 400 g/mol. The van der Waals surface area contributed by atoms with E-state index in [1.807, 2.05) is 59.7 Å². The van der Waals surface area contributed by atoms with Gasteiger partial charge in [-0.05, 0) is 74.0 Å². The summed E-state index contributed by atoms with van der Waals surface area (Å²) in [7, 11) is 0. The molecule has 0 saturated carbocycles. The predicted molar refractivity (Wildman–Crippen MR) is 99.9 cm³/mol. The van der Waals surface area contributed by atoms with Crippen LogP contribution in [0.3, 0.4) is 0 Å². The molecule has 0 fully saturated rings. The minimum atomic E-state index is -0.817. The third kappa shape index (κ3) is 6.17. The van der Waals surface area contributed by atoms with Crippen molar-refractivity contribution in [2.24, 2.45) is 5.41 Å². The zero-order valence-electron chi connectivity index (χ0n) is 15.6. The number of hydrogen-bond acceptors (Lipinski definition) is 4. The Morgan fingerprint density at radius 2 is 1.79 bits per heavy atom. The fourth-order valence-electron chi connectivity index (χ4n) is 2.44. The topological polar surface area (TPSA) is 59.4 Å². The SMILES string of the molecule is CC(C)(CO)CCCC(C)(C(=O)OC(C)(C)C)c1cccc(Br)n1. The molecule has 0 amide bonds. The maximum atomic E-state index is 12.9. The van der Waals surface area contributed by atoms with Gasteiger partial charge in [0.25, 0.3) is 0 Å². The summed E-state index contributed by atoms with van der Waals surface area (Å²) < 4.78 is 6.36. The Bertz CT molecular complexity index is 566. The lowest BCUT2D eigenvalue weighted by Gasteiger charge is -2.32. The van der Waals surface area contributed by atoms with Gasteiger partial charge in [-0.25, -0.2) is 4.98 Å². The molecule has 4 nitrogen and oxygen atoms in total. The van der Waals surface area contributed by atoms with Crippen LogP contribution in [-0.2, 0) is 14.9 Å². The van der Waals surface area contributed by atoms with E-state index in [1.54, 1.807) is 0 Å². The molecular formula is C19H30BrNO3. The molecule has 5 heteroatoms. The normalized spacial score (nSPS) is 15.0. The van der Waals surface area contributed by atoms with Gasteiger partial charge in [0.05, 0.1) is 5.69 Å². The van der Waals surface area contributed by atoms with Crippen molar-refractivity contribution in [3.05, 3.63) is 28.5 Å². The molecule has 0 radical (unpaired) electrons. The fraction of sp³-hybridized carbons (Fsp3) is 0.684. The van der Waals surface area contributed by atoms with Crippen LogP contribution in [0.4, 0.5) is 0 Å². The highest BCUT2D eigenvalue weighted by molar-refractivity contribution is 9.10. The van der Waals surface area contributed by atoms with E-state index in [1.165, 1.54) is 0 Å². The molecule has 1 atom stereocenters. The van der Waals surface area contributed by atoms with E-state index in [4.69, 9.17) is 4.74 Å². The van der Waals surface area contributed by atoms with Crippen LogP contribution in [0.5, 0.6) is 0 Å². The van der Waals surface area contributed by atoms with E-state index in [9.17, 15) is 9.90 Å². The van der Waals surface area contributed by atoms with Crippen LogP contribution in [0.2, 0.25) is 0 Å². The summed E-state index contributed by atoms with van der Waals surface area (Å²) >= 11 is 3.38. The van der Waals surface area contributed by atoms with Crippen molar-refractivity contribution in [3.63, 3.8) is 0 Å². The number of rotatable bonds is 7. The van der Waals surface area contributed by atoms with E-state index in [0.717, 1.165) is 12.8 Å². The number of esters is 1. The summed E-state index contributed by atoms with van der Waals surface area (Å²) in [6, 6.07) is 5.59. The minimum Gasteiger partial charge on any atom is -0.459 e. The number of hydrogen-bond donors (Lipinski definition) is 1. The van der Waals surface area contributed by atoms with E-state index < -0.39 is 11.0 Å². The molecule has 0 aromatic carbocycles. The maximum Gasteiger partial charge on any atom is 0.318 e. The molecule has 24 heavy (non-hydrogen) atoms. The largest absolute Gasteiger partial charge is 0.459 e. The van der Waals surface area contributed by atoms with Gasteiger partial charge in [0.15, 0.2) is 0 Å². The van der Waals surface area contributed by atoms with Gasteiger partial charge in [0.1, 0.15) is 15.6 Å². The van der Waals surface area contributed by atoms with Crippen LogP contribution in [0.25, 0.3) is 0 Å². The van der Waals surface area contributed by atoms with Crippen molar-refractivity contribution in [1.29, 1.82) is 0 Å². The van der Waals surface area contributed by atoms with Crippen LogP contribution in [0.15, 0.2) is 22.8 Å². The number of carbonyl (C=O) groups excluding carboxylic acids is 1. The third-order valence-electron chi connectivity index (χ3n) is 4.09. The highest BCUT2D eigenvalue weighted by atomic mass is 79.9. The molecule has 0 bridgehead atoms. The summed E-state index contributed by atoms with van der Waals surface area (Å²) in [6.45, 7) is 11.7. The minimum absolute atomic E-state index is 0.130. The first kappa shape index (κ1) is 21.1. The monoisotopic (exact) mass is 399 g/mol. The van der Waals surface area contributed by atoms with Crippen molar-refractivity contribution in [1.82, 2.24) is 4.98 Å². The van der Waals surface area contributed by atoms with Crippen LogP contribution in [0.1, 0.15) is 66.5 Å². The van der Waals surface area contributed by atoms with Crippen molar-refractivity contribution >= 4 is 21.9 Å². The van der Waals surface area contributed by atoms with Gasteiger partial charge in [0.2, 0.25) is 0 Å². The summed E-state index contributed by atoms with van der Waals surface area (Å²) in [5.41, 5.74) is -0.815. The molecule has 0 aliphatic carbocycles. The predicted octanol–water partition coefficient (Wildman–Crippen LogP) is 4.63. The Kier molecular flexibility index (Phi) is 7.00. The first-order chi connectivity index (χ1) is 10.9. The second-order valence-corrected chi connectivity index (χ2v) is 9.17. The first-order valence-corrected chi connectivity index (χ1v) is 9.16. The smallest absolute Gasteiger partial charge is 0.318 e. The van der Waals surface area contributed by atoms with Crippen LogP contribution in [-0.4, -0.2) is 28.3 Å². The van der Waals surface area contributed by atoms with Gasteiger partial charge in [-0.3, -0.25) is 4.79 Å². The number of aromatic nitrogens is 1. The molecule has 1 aromatic heterocycles. The lowest BCUT2D eigenvalue weighted by Crippen LogP contribution is -2.40. The Hall–Kier alpha value is -0.940. The molecule has 1 N–H and O–H groups in total. The number of nitrogens with zero attached hydrogens (tertiary/aromatic N) is 1. The quantitative estimate of drug-likeness (QED) is 0.536. The van der Waals surface area contributed by atoms with Crippen molar-refractivity contribution < 1.29 is 14.6 Å². The zero-order chi connectivity index (χ0) is 18.6. The third-order valence-corrected chi connectivity index (χ3v) is 4.53. The summed E-state index contributed by atoms with van der Waals surface area (Å²) in [6.07, 6.45) is 2.25. The number of pyridine rings is 1. The van der Waals surface area contributed by atoms with Gasteiger partial charge in [-0.1, -0.05) is 26.3 Å². The molecule has 136 valence electrons. The molecule has 0 aliphatic rings. The summed E-state index contributed by atoms with van der Waals surface area (Å²) in [4.78, 5) is 17.4. The van der Waals surface area contributed by atoms with Crippen molar-refractivity contribution in [3.8, 4) is 0 Å². The first-order valence-electron chi connectivity index (χ1n) is 8.37. The molecule has 0 spiro atoms. The summed E-state index contributed by atoms with van der Waals surface area (Å²) in [5.74, 6) is -0.262. The number of aliphatic hydroxyl groups excluding tert-OH is 1. The Labute approximate surface area is 154 Å². The molecular weight excluding hydrogens is 370 g/mol. The second kappa shape index (κ2) is 7.96. The fourth-order valence-corrected chi connectivity index (χ4v) is 2.78. The van der Waals surface area contributed by atoms with E-state index in [0.29, 0.717) is 16.7 Å². The molecule has 1 unspecified atom stereocenters. The van der Waals surface area contributed by atoms with E-state index >= 15 is 0 Å². The van der Waals surface area contributed by atoms with Crippen LogP contribution < -0.4 is 0 Å². The molecule has 0 saturated heterocycles. The highest BCUT2D eigenvalue weighted by Gasteiger charge is 2.40. The van der Waals surface area contributed by atoms with Gasteiger partial charge in [0, 0.05) is 6.61 Å². The van der Waals surface area contributed by atoms with Crippen molar-refractivity contribution in [2.45, 2.75) is 71.8 Å². The van der Waals surface area contributed by atoms with Gasteiger partial charge in [-0.15, -0.1) is 0 Å². The number of ether oxygens (including phenoxy) is 1. The second-order valence-electron chi connectivity index (χ2n) is 8.36. The molecule has 1 aromatic rings. The Morgan fingerprint density at radius 3 is 2.29 bits per heavy atom. The number of carbonyl (C=O) groups is 1. The highest BCUT2D eigenvalue weighted by Crippen LogP contribution is 2.34. The molecule has 1 heterocycles. The standard InChI is InChI=1S/C19H30BrNO3/c1-17(2,3)24-16(23)19(6,12-8-11-18(4,5)13-22)14-9-7-10-15(20)21-14/h7,9-10,22H,8,11-13H2,1-6H3. The van der Waals surface area contributed by atoms with Crippen molar-refractivity contribution in [2.75, 3.05) is 6.61 Å². The van der Waals surface area contributed by atoms with Gasteiger partial charge in [-0.2, -0.15) is 0 Å². The lowest BCUT2D eigenvalue weighted by molar-refractivity contribution is -0.162. The van der Waals surface area contributed by atoms with Gasteiger partial charge >= 0.3 is 5.97 Å². The Balaban J connectivity index is 3.05. The van der Waals surface area contributed by atoms with Crippen LogP contribution in [0, 0.1) is 5.41 Å². The average Bonchev–Trinajstić information content (AvgIpc) is 2.45. The lowest BCUT2D eigenvalue weighted by atomic mass is 9.78. The summed E-state index contributed by atoms with van der Waals surface area (Å²) in [5, 5.41) is 9.43. The maximum absolute atomic E-state index is 12.9. The molecule has 0 aliphatic heterocycles. The zero-order valence-corrected chi connectivity index (χ0v) is 17.2. The number of halogens is 1.